The fraction of sp³-hybridized carbons (Fsp3) is 0.235. The first-order valence-corrected chi connectivity index (χ1v) is 6.97. The SMILES string of the molecule is CNc1cccc(NC(=O)CN(C)Cc2ccccc2)c1. The van der Waals surface area contributed by atoms with Crippen LogP contribution in [0.15, 0.2) is 54.6 Å². The highest BCUT2D eigenvalue weighted by molar-refractivity contribution is 5.92. The van der Waals surface area contributed by atoms with Gasteiger partial charge in [-0.25, -0.2) is 0 Å². The molecule has 0 saturated carbocycles. The summed E-state index contributed by atoms with van der Waals surface area (Å²) in [5, 5.41) is 5.97. The van der Waals surface area contributed by atoms with Crippen LogP contribution in [0.4, 0.5) is 11.4 Å². The molecule has 0 spiro atoms. The second-order valence-corrected chi connectivity index (χ2v) is 5.04. The van der Waals surface area contributed by atoms with Crippen LogP contribution in [-0.4, -0.2) is 31.4 Å². The minimum Gasteiger partial charge on any atom is -0.388 e. The molecule has 0 unspecified atom stereocenters. The molecule has 0 radical (unpaired) electrons. The Morgan fingerprint density at radius 3 is 2.48 bits per heavy atom. The molecule has 0 fully saturated rings. The van der Waals surface area contributed by atoms with Gasteiger partial charge < -0.3 is 10.6 Å². The van der Waals surface area contributed by atoms with Gasteiger partial charge >= 0.3 is 0 Å². The number of nitrogens with one attached hydrogen (secondary N) is 2. The highest BCUT2D eigenvalue weighted by atomic mass is 16.2. The zero-order chi connectivity index (χ0) is 15.1. The molecule has 2 aromatic rings. The maximum atomic E-state index is 12.0. The van der Waals surface area contributed by atoms with Gasteiger partial charge in [0.25, 0.3) is 0 Å². The summed E-state index contributed by atoms with van der Waals surface area (Å²) in [5.41, 5.74) is 2.98. The van der Waals surface area contributed by atoms with Crippen LogP contribution in [-0.2, 0) is 11.3 Å². The number of benzene rings is 2. The van der Waals surface area contributed by atoms with Crippen molar-refractivity contribution in [2.75, 3.05) is 31.3 Å². The third kappa shape index (κ3) is 4.93. The number of hydrogen-bond acceptors (Lipinski definition) is 3. The fourth-order valence-electron chi connectivity index (χ4n) is 2.15. The minimum atomic E-state index is -0.0123. The van der Waals surface area contributed by atoms with E-state index in [-0.39, 0.29) is 5.91 Å². The normalized spacial score (nSPS) is 10.4. The number of likely N-dealkylation sites (N-methyl/N-ethyl adjacent to an activating group) is 1. The highest BCUT2D eigenvalue weighted by Crippen LogP contribution is 2.14. The van der Waals surface area contributed by atoms with Gasteiger partial charge in [-0.1, -0.05) is 36.4 Å². The molecule has 0 aliphatic heterocycles. The van der Waals surface area contributed by atoms with E-state index in [9.17, 15) is 4.79 Å². The molecule has 1 amide bonds. The van der Waals surface area contributed by atoms with E-state index >= 15 is 0 Å². The average molecular weight is 283 g/mol. The number of hydrogen-bond donors (Lipinski definition) is 2. The van der Waals surface area contributed by atoms with E-state index in [0.717, 1.165) is 17.9 Å². The molecule has 0 aromatic heterocycles. The molecule has 0 heterocycles. The van der Waals surface area contributed by atoms with Crippen LogP contribution in [0.3, 0.4) is 0 Å². The average Bonchev–Trinajstić information content (AvgIpc) is 2.48. The third-order valence-corrected chi connectivity index (χ3v) is 3.14. The Kier molecular flexibility index (Phi) is 5.35. The number of carbonyl (C=O) groups is 1. The van der Waals surface area contributed by atoms with Crippen LogP contribution in [0.5, 0.6) is 0 Å². The molecule has 0 aliphatic carbocycles. The van der Waals surface area contributed by atoms with E-state index in [4.69, 9.17) is 0 Å². The van der Waals surface area contributed by atoms with Gasteiger partial charge in [0.05, 0.1) is 6.54 Å². The first-order valence-electron chi connectivity index (χ1n) is 6.97. The number of rotatable bonds is 6. The molecule has 4 nitrogen and oxygen atoms in total. The van der Waals surface area contributed by atoms with Gasteiger partial charge in [0, 0.05) is 25.0 Å². The van der Waals surface area contributed by atoms with E-state index in [0.29, 0.717) is 6.54 Å². The predicted octanol–water partition coefficient (Wildman–Crippen LogP) is 2.80. The van der Waals surface area contributed by atoms with E-state index < -0.39 is 0 Å². The Labute approximate surface area is 125 Å². The maximum absolute atomic E-state index is 12.0. The van der Waals surface area contributed by atoms with Crippen molar-refractivity contribution in [2.45, 2.75) is 6.54 Å². The van der Waals surface area contributed by atoms with Crippen molar-refractivity contribution in [1.82, 2.24) is 4.90 Å². The lowest BCUT2D eigenvalue weighted by Gasteiger charge is -2.16. The molecule has 2 aromatic carbocycles. The van der Waals surface area contributed by atoms with Gasteiger partial charge in [-0.15, -0.1) is 0 Å². The molecule has 2 rings (SSSR count). The van der Waals surface area contributed by atoms with Gasteiger partial charge in [0.15, 0.2) is 0 Å². The topological polar surface area (TPSA) is 44.4 Å². The summed E-state index contributed by atoms with van der Waals surface area (Å²) >= 11 is 0. The molecule has 0 bridgehead atoms. The van der Waals surface area contributed by atoms with E-state index in [1.807, 2.05) is 61.5 Å². The number of amides is 1. The molecular formula is C17H21N3O. The third-order valence-electron chi connectivity index (χ3n) is 3.14. The van der Waals surface area contributed by atoms with Gasteiger partial charge in [-0.3, -0.25) is 9.69 Å². The van der Waals surface area contributed by atoms with Crippen molar-refractivity contribution in [3.8, 4) is 0 Å². The van der Waals surface area contributed by atoms with Gasteiger partial charge in [-0.2, -0.15) is 0 Å². The predicted molar refractivity (Wildman–Crippen MR) is 87.4 cm³/mol. The first kappa shape index (κ1) is 15.1. The highest BCUT2D eigenvalue weighted by Gasteiger charge is 2.07. The molecule has 0 atom stereocenters. The molecule has 4 heteroatoms. The smallest absolute Gasteiger partial charge is 0.238 e. The number of carbonyl (C=O) groups excluding carboxylic acids is 1. The summed E-state index contributed by atoms with van der Waals surface area (Å²) in [6.07, 6.45) is 0. The summed E-state index contributed by atoms with van der Waals surface area (Å²) in [7, 11) is 3.80. The standard InChI is InChI=1S/C17H21N3O/c1-18-15-9-6-10-16(11-15)19-17(21)13-20(2)12-14-7-4-3-5-8-14/h3-11,18H,12-13H2,1-2H3,(H,19,21). The Balaban J connectivity index is 1.86. The lowest BCUT2D eigenvalue weighted by molar-refractivity contribution is -0.117. The van der Waals surface area contributed by atoms with Crippen LogP contribution < -0.4 is 10.6 Å². The van der Waals surface area contributed by atoms with Crippen molar-refractivity contribution in [3.63, 3.8) is 0 Å². The largest absolute Gasteiger partial charge is 0.388 e. The van der Waals surface area contributed by atoms with Crippen LogP contribution in [0, 0.1) is 0 Å². The second kappa shape index (κ2) is 7.45. The van der Waals surface area contributed by atoms with Crippen molar-refractivity contribution in [1.29, 1.82) is 0 Å². The van der Waals surface area contributed by atoms with Crippen molar-refractivity contribution >= 4 is 17.3 Å². The zero-order valence-electron chi connectivity index (χ0n) is 12.5. The quantitative estimate of drug-likeness (QED) is 0.857. The van der Waals surface area contributed by atoms with Crippen LogP contribution in [0.2, 0.25) is 0 Å². The summed E-state index contributed by atoms with van der Waals surface area (Å²) in [6.45, 7) is 1.11. The lowest BCUT2D eigenvalue weighted by Crippen LogP contribution is -2.29. The maximum Gasteiger partial charge on any atom is 0.238 e. The molecular weight excluding hydrogens is 262 g/mol. The Morgan fingerprint density at radius 1 is 1.05 bits per heavy atom. The Hall–Kier alpha value is -2.33. The molecule has 0 aliphatic rings. The van der Waals surface area contributed by atoms with Crippen LogP contribution in [0.25, 0.3) is 0 Å². The fourth-order valence-corrected chi connectivity index (χ4v) is 2.15. The summed E-state index contributed by atoms with van der Waals surface area (Å²) in [5.74, 6) is -0.0123. The van der Waals surface area contributed by atoms with Crippen molar-refractivity contribution < 1.29 is 4.79 Å². The van der Waals surface area contributed by atoms with Crippen LogP contribution in [0.1, 0.15) is 5.56 Å². The summed E-state index contributed by atoms with van der Waals surface area (Å²) < 4.78 is 0. The minimum absolute atomic E-state index is 0.0123. The van der Waals surface area contributed by atoms with Gasteiger partial charge in [0.2, 0.25) is 5.91 Å². The van der Waals surface area contributed by atoms with Crippen molar-refractivity contribution in [2.24, 2.45) is 0 Å². The summed E-state index contributed by atoms with van der Waals surface area (Å²) in [6, 6.07) is 17.8. The first-order chi connectivity index (χ1) is 10.2. The summed E-state index contributed by atoms with van der Waals surface area (Å²) in [4.78, 5) is 14.0. The van der Waals surface area contributed by atoms with Gasteiger partial charge in [0.1, 0.15) is 0 Å². The Morgan fingerprint density at radius 2 is 1.76 bits per heavy atom. The Bertz CT molecular complexity index is 584. The molecule has 2 N–H and O–H groups in total. The lowest BCUT2D eigenvalue weighted by atomic mass is 10.2. The monoisotopic (exact) mass is 283 g/mol. The van der Waals surface area contributed by atoms with E-state index in [2.05, 4.69) is 22.8 Å². The number of anilines is 2. The van der Waals surface area contributed by atoms with E-state index in [1.54, 1.807) is 0 Å². The van der Waals surface area contributed by atoms with E-state index in [1.165, 1.54) is 5.56 Å². The molecule has 110 valence electrons. The second-order valence-electron chi connectivity index (χ2n) is 5.04. The van der Waals surface area contributed by atoms with Gasteiger partial charge in [-0.05, 0) is 30.8 Å². The zero-order valence-corrected chi connectivity index (χ0v) is 12.5. The van der Waals surface area contributed by atoms with Crippen molar-refractivity contribution in [3.05, 3.63) is 60.2 Å². The molecule has 0 saturated heterocycles. The van der Waals surface area contributed by atoms with Crippen LogP contribution >= 0.6 is 0 Å². The molecule has 21 heavy (non-hydrogen) atoms. The number of nitrogens with zero attached hydrogens (tertiary/aromatic N) is 1.